The maximum atomic E-state index is 10.4. The van der Waals surface area contributed by atoms with E-state index in [0.717, 1.165) is 38.2 Å². The van der Waals surface area contributed by atoms with Crippen LogP contribution in [0, 0.1) is 0 Å². The molecule has 0 bridgehead atoms. The topological polar surface area (TPSA) is 35.5 Å². The lowest BCUT2D eigenvalue weighted by Crippen LogP contribution is -2.40. The normalized spacial score (nSPS) is 14.6. The lowest BCUT2D eigenvalue weighted by atomic mass is 10.0. The zero-order valence-corrected chi connectivity index (χ0v) is 12.5. The van der Waals surface area contributed by atoms with Crippen LogP contribution in [-0.4, -0.2) is 42.2 Å². The van der Waals surface area contributed by atoms with Gasteiger partial charge in [0.15, 0.2) is 0 Å². The van der Waals surface area contributed by atoms with E-state index in [-0.39, 0.29) is 6.04 Å². The van der Waals surface area contributed by atoms with Crippen molar-refractivity contribution in [1.29, 1.82) is 0 Å². The fourth-order valence-electron chi connectivity index (χ4n) is 2.31. The van der Waals surface area contributed by atoms with Crippen LogP contribution in [0.25, 0.3) is 0 Å². The predicted molar refractivity (Wildman–Crippen MR) is 81.3 cm³/mol. The van der Waals surface area contributed by atoms with Gasteiger partial charge in [-0.2, -0.15) is 0 Å². The van der Waals surface area contributed by atoms with Crippen molar-refractivity contribution in [3.63, 3.8) is 0 Å². The van der Waals surface area contributed by atoms with Gasteiger partial charge in [-0.15, -0.1) is 0 Å². The Morgan fingerprint density at radius 1 is 1.11 bits per heavy atom. The van der Waals surface area contributed by atoms with Crippen molar-refractivity contribution in [2.45, 2.75) is 39.3 Å². The second-order valence-electron chi connectivity index (χ2n) is 4.85. The van der Waals surface area contributed by atoms with Gasteiger partial charge in [-0.1, -0.05) is 51.1 Å². The molecule has 0 aromatic heterocycles. The molecular formula is C16H28N2O. The third-order valence-electron chi connectivity index (χ3n) is 3.69. The van der Waals surface area contributed by atoms with Crippen LogP contribution in [0.3, 0.4) is 0 Å². The maximum Gasteiger partial charge on any atom is 0.0942 e. The number of nitrogens with one attached hydrogen (secondary N) is 1. The number of rotatable bonds is 9. The number of aliphatic hydroxyl groups is 1. The van der Waals surface area contributed by atoms with Crippen LogP contribution in [0.2, 0.25) is 0 Å². The molecule has 2 unspecified atom stereocenters. The van der Waals surface area contributed by atoms with Gasteiger partial charge in [0, 0.05) is 19.1 Å². The minimum atomic E-state index is -0.428. The van der Waals surface area contributed by atoms with E-state index in [1.54, 1.807) is 0 Å². The summed E-state index contributed by atoms with van der Waals surface area (Å²) in [5.74, 6) is 0. The van der Waals surface area contributed by atoms with Crippen molar-refractivity contribution in [3.05, 3.63) is 35.9 Å². The molecule has 1 aromatic rings. The molecule has 108 valence electrons. The molecule has 3 nitrogen and oxygen atoms in total. The van der Waals surface area contributed by atoms with Crippen molar-refractivity contribution in [2.75, 3.05) is 26.2 Å². The first-order chi connectivity index (χ1) is 9.22. The highest BCUT2D eigenvalue weighted by Crippen LogP contribution is 2.18. The first-order valence-corrected chi connectivity index (χ1v) is 7.41. The number of hydrogen-bond acceptors (Lipinski definition) is 3. The summed E-state index contributed by atoms with van der Waals surface area (Å²) in [5, 5.41) is 13.9. The third kappa shape index (κ3) is 5.31. The van der Waals surface area contributed by atoms with Gasteiger partial charge in [0.1, 0.15) is 0 Å². The Labute approximate surface area is 117 Å². The van der Waals surface area contributed by atoms with Crippen LogP contribution in [0.15, 0.2) is 30.3 Å². The fraction of sp³-hybridized carbons (Fsp3) is 0.625. The highest BCUT2D eigenvalue weighted by molar-refractivity contribution is 5.18. The Bertz CT molecular complexity index is 325. The van der Waals surface area contributed by atoms with E-state index >= 15 is 0 Å². The zero-order valence-electron chi connectivity index (χ0n) is 12.5. The summed E-state index contributed by atoms with van der Waals surface area (Å²) >= 11 is 0. The lowest BCUT2D eigenvalue weighted by molar-refractivity contribution is 0.124. The second-order valence-corrected chi connectivity index (χ2v) is 4.85. The molecular weight excluding hydrogens is 236 g/mol. The number of likely N-dealkylation sites (N-methyl/N-ethyl adjacent to an activating group) is 1. The summed E-state index contributed by atoms with van der Waals surface area (Å²) in [7, 11) is 0. The molecule has 3 heteroatoms. The Morgan fingerprint density at radius 3 is 2.26 bits per heavy atom. The van der Waals surface area contributed by atoms with Crippen LogP contribution in [0.4, 0.5) is 0 Å². The van der Waals surface area contributed by atoms with Gasteiger partial charge in [0.2, 0.25) is 0 Å². The van der Waals surface area contributed by atoms with Crippen molar-refractivity contribution in [1.82, 2.24) is 10.2 Å². The van der Waals surface area contributed by atoms with Crippen LogP contribution in [0.5, 0.6) is 0 Å². The minimum Gasteiger partial charge on any atom is -0.387 e. The van der Waals surface area contributed by atoms with Gasteiger partial charge in [0.25, 0.3) is 0 Å². The molecule has 2 N–H and O–H groups in total. The van der Waals surface area contributed by atoms with E-state index < -0.39 is 6.10 Å². The average Bonchev–Trinajstić information content (AvgIpc) is 2.48. The standard InChI is InChI=1S/C16H28N2O/c1-4-15(17-12-13-18(5-2)6-3)16(19)14-10-8-7-9-11-14/h7-11,15-17,19H,4-6,12-13H2,1-3H3. The summed E-state index contributed by atoms with van der Waals surface area (Å²) in [5.41, 5.74) is 0.990. The molecule has 2 atom stereocenters. The number of nitrogens with zero attached hydrogens (tertiary/aromatic N) is 1. The summed E-state index contributed by atoms with van der Waals surface area (Å²) < 4.78 is 0. The van der Waals surface area contributed by atoms with Crippen LogP contribution in [0.1, 0.15) is 38.9 Å². The number of hydrogen-bond donors (Lipinski definition) is 2. The molecule has 0 spiro atoms. The van der Waals surface area contributed by atoms with Crippen LogP contribution < -0.4 is 5.32 Å². The number of aliphatic hydroxyl groups excluding tert-OH is 1. The SMILES string of the molecule is CCC(NCCN(CC)CC)C(O)c1ccccc1. The smallest absolute Gasteiger partial charge is 0.0942 e. The Hall–Kier alpha value is -0.900. The quantitative estimate of drug-likeness (QED) is 0.719. The van der Waals surface area contributed by atoms with E-state index in [0.29, 0.717) is 0 Å². The Balaban J connectivity index is 2.45. The van der Waals surface area contributed by atoms with Gasteiger partial charge >= 0.3 is 0 Å². The third-order valence-corrected chi connectivity index (χ3v) is 3.69. The van der Waals surface area contributed by atoms with Crippen molar-refractivity contribution >= 4 is 0 Å². The molecule has 0 aliphatic heterocycles. The average molecular weight is 264 g/mol. The first kappa shape index (κ1) is 16.2. The first-order valence-electron chi connectivity index (χ1n) is 7.41. The summed E-state index contributed by atoms with van der Waals surface area (Å²) in [6, 6.07) is 10.0. The molecule has 1 aromatic carbocycles. The van der Waals surface area contributed by atoms with E-state index in [4.69, 9.17) is 0 Å². The number of benzene rings is 1. The fourth-order valence-corrected chi connectivity index (χ4v) is 2.31. The molecule has 1 rings (SSSR count). The summed E-state index contributed by atoms with van der Waals surface area (Å²) in [6.07, 6.45) is 0.497. The molecule has 19 heavy (non-hydrogen) atoms. The van der Waals surface area contributed by atoms with Gasteiger partial charge in [-0.3, -0.25) is 0 Å². The highest BCUT2D eigenvalue weighted by Gasteiger charge is 2.18. The van der Waals surface area contributed by atoms with Gasteiger partial charge in [-0.25, -0.2) is 0 Å². The van der Waals surface area contributed by atoms with E-state index in [2.05, 4.69) is 31.0 Å². The van der Waals surface area contributed by atoms with Gasteiger partial charge < -0.3 is 15.3 Å². The monoisotopic (exact) mass is 264 g/mol. The van der Waals surface area contributed by atoms with Crippen molar-refractivity contribution in [3.8, 4) is 0 Å². The Kier molecular flexibility index (Phi) is 7.72. The Morgan fingerprint density at radius 2 is 1.74 bits per heavy atom. The second kappa shape index (κ2) is 9.08. The molecule has 0 saturated heterocycles. The molecule has 0 aliphatic rings. The molecule has 0 fully saturated rings. The van der Waals surface area contributed by atoms with Crippen LogP contribution in [-0.2, 0) is 0 Å². The molecule has 0 radical (unpaired) electrons. The van der Waals surface area contributed by atoms with Gasteiger partial charge in [0.05, 0.1) is 6.10 Å². The van der Waals surface area contributed by atoms with E-state index in [1.165, 1.54) is 0 Å². The van der Waals surface area contributed by atoms with Crippen molar-refractivity contribution < 1.29 is 5.11 Å². The molecule has 0 heterocycles. The maximum absolute atomic E-state index is 10.4. The van der Waals surface area contributed by atoms with E-state index in [1.807, 2.05) is 30.3 Å². The minimum absolute atomic E-state index is 0.123. The predicted octanol–water partition coefficient (Wildman–Crippen LogP) is 2.43. The largest absolute Gasteiger partial charge is 0.387 e. The summed E-state index contributed by atoms with van der Waals surface area (Å²) in [4.78, 5) is 2.38. The summed E-state index contributed by atoms with van der Waals surface area (Å²) in [6.45, 7) is 10.6. The van der Waals surface area contributed by atoms with E-state index in [9.17, 15) is 5.11 Å². The zero-order chi connectivity index (χ0) is 14.1. The van der Waals surface area contributed by atoms with Crippen molar-refractivity contribution in [2.24, 2.45) is 0 Å². The molecule has 0 saturated carbocycles. The van der Waals surface area contributed by atoms with Gasteiger partial charge in [-0.05, 0) is 25.1 Å². The lowest BCUT2D eigenvalue weighted by Gasteiger charge is -2.25. The molecule has 0 amide bonds. The van der Waals surface area contributed by atoms with Crippen LogP contribution >= 0.6 is 0 Å². The molecule has 0 aliphatic carbocycles. The highest BCUT2D eigenvalue weighted by atomic mass is 16.3.